The first kappa shape index (κ1) is 14.5. The molecule has 0 saturated heterocycles. The Balaban J connectivity index is 0.000000280. The van der Waals surface area contributed by atoms with Gasteiger partial charge >= 0.3 is 42.6 Å². The summed E-state index contributed by atoms with van der Waals surface area (Å²) < 4.78 is 0. The Labute approximate surface area is 114 Å². The molecule has 16 heavy (non-hydrogen) atoms. The molecule has 0 atom stereocenters. The van der Waals surface area contributed by atoms with Crippen LogP contribution in [0.1, 0.15) is 16.7 Å². The van der Waals surface area contributed by atoms with Crippen molar-refractivity contribution in [2.45, 2.75) is 20.8 Å². The molecule has 0 spiro atoms. The van der Waals surface area contributed by atoms with E-state index in [1.807, 2.05) is 0 Å². The Hall–Kier alpha value is 0.414. The molecule has 2 aromatic rings. The van der Waals surface area contributed by atoms with E-state index in [2.05, 4.69) is 45.0 Å². The molecule has 0 nitrogen and oxygen atoms in total. The maximum absolute atomic E-state index is 4.97. The van der Waals surface area contributed by atoms with Gasteiger partial charge in [-0.2, -0.15) is 12.1 Å². The zero-order chi connectivity index (χ0) is 12.3. The SMILES string of the molecule is Cc1cc2[cH-]ccc2c(C)c1C.[Cl][Ti+]([Cl])[Cl]. The minimum atomic E-state index is -1.92. The van der Waals surface area contributed by atoms with Crippen molar-refractivity contribution in [2.75, 3.05) is 0 Å². The summed E-state index contributed by atoms with van der Waals surface area (Å²) in [6.07, 6.45) is 0. The number of benzene rings is 1. The van der Waals surface area contributed by atoms with Gasteiger partial charge in [-0.1, -0.05) is 16.7 Å². The molecular weight excluding hydrogens is 298 g/mol. The van der Waals surface area contributed by atoms with Gasteiger partial charge in [0.25, 0.3) is 0 Å². The van der Waals surface area contributed by atoms with E-state index in [-0.39, 0.29) is 0 Å². The third-order valence-electron chi connectivity index (χ3n) is 2.78. The van der Waals surface area contributed by atoms with E-state index >= 15 is 0 Å². The average molecular weight is 311 g/mol. The fraction of sp³-hybridized carbons (Fsp3) is 0.250. The van der Waals surface area contributed by atoms with Crippen LogP contribution in [0, 0.1) is 20.8 Å². The van der Waals surface area contributed by atoms with Gasteiger partial charge in [-0.05, 0) is 20.8 Å². The van der Waals surface area contributed by atoms with E-state index < -0.39 is 14.7 Å². The van der Waals surface area contributed by atoms with E-state index in [4.69, 9.17) is 27.9 Å². The summed E-state index contributed by atoms with van der Waals surface area (Å²) in [5.74, 6) is 0. The fourth-order valence-electron chi connectivity index (χ4n) is 1.74. The Morgan fingerprint density at radius 2 is 1.62 bits per heavy atom. The number of aryl methyl sites for hydroxylation is 2. The Morgan fingerprint density at radius 1 is 1.06 bits per heavy atom. The van der Waals surface area contributed by atoms with Crippen LogP contribution in [0.3, 0.4) is 0 Å². The summed E-state index contributed by atoms with van der Waals surface area (Å²) in [6, 6.07) is 8.75. The van der Waals surface area contributed by atoms with Crippen LogP contribution < -0.4 is 0 Å². The van der Waals surface area contributed by atoms with Gasteiger partial charge in [0.1, 0.15) is 0 Å². The van der Waals surface area contributed by atoms with Crippen molar-refractivity contribution in [1.29, 1.82) is 0 Å². The van der Waals surface area contributed by atoms with Crippen LogP contribution in [-0.4, -0.2) is 0 Å². The van der Waals surface area contributed by atoms with Gasteiger partial charge in [0, 0.05) is 0 Å². The molecule has 0 radical (unpaired) electrons. The maximum atomic E-state index is 4.97. The van der Waals surface area contributed by atoms with E-state index in [1.54, 1.807) is 0 Å². The standard InChI is InChI=1S/C12H13.3ClH.Ti/c1-8-7-11-5-4-6-12(11)10(3)9(8)2;;;;/h4-7H,1-3H3;3*1H;/q-1;;;;+4/p-3. The fourth-order valence-corrected chi connectivity index (χ4v) is 1.74. The van der Waals surface area contributed by atoms with Crippen LogP contribution in [0.15, 0.2) is 24.3 Å². The monoisotopic (exact) mass is 310 g/mol. The van der Waals surface area contributed by atoms with Crippen LogP contribution >= 0.6 is 27.9 Å². The Kier molecular flexibility index (Phi) is 5.77. The Bertz CT molecular complexity index is 472. The van der Waals surface area contributed by atoms with Gasteiger partial charge in [0.05, 0.1) is 0 Å². The van der Waals surface area contributed by atoms with E-state index in [9.17, 15) is 0 Å². The molecule has 0 aliphatic carbocycles. The molecule has 0 aromatic heterocycles. The number of hydrogen-bond acceptors (Lipinski definition) is 0. The molecule has 0 heterocycles. The van der Waals surface area contributed by atoms with E-state index in [0.29, 0.717) is 0 Å². The third kappa shape index (κ3) is 3.72. The number of rotatable bonds is 0. The minimum absolute atomic E-state index is 1.37. The molecule has 2 aromatic carbocycles. The van der Waals surface area contributed by atoms with Crippen LogP contribution in [0.4, 0.5) is 0 Å². The van der Waals surface area contributed by atoms with Gasteiger partial charge in [0.15, 0.2) is 0 Å². The first-order valence-corrected chi connectivity index (χ1v) is 11.3. The molecule has 0 bridgehead atoms. The van der Waals surface area contributed by atoms with Gasteiger partial charge in [-0.15, -0.1) is 22.9 Å². The topological polar surface area (TPSA) is 0 Å². The quantitative estimate of drug-likeness (QED) is 0.442. The van der Waals surface area contributed by atoms with Gasteiger partial charge in [0.2, 0.25) is 0 Å². The van der Waals surface area contributed by atoms with Crippen LogP contribution in [0.2, 0.25) is 0 Å². The molecule has 0 amide bonds. The molecule has 86 valence electrons. The van der Waals surface area contributed by atoms with Crippen molar-refractivity contribution < 1.29 is 14.7 Å². The van der Waals surface area contributed by atoms with Crippen LogP contribution in [0.25, 0.3) is 10.8 Å². The summed E-state index contributed by atoms with van der Waals surface area (Å²) in [4.78, 5) is 0. The molecule has 2 rings (SSSR count). The van der Waals surface area contributed by atoms with E-state index in [0.717, 1.165) is 0 Å². The Morgan fingerprint density at radius 3 is 2.19 bits per heavy atom. The third-order valence-corrected chi connectivity index (χ3v) is 2.78. The average Bonchev–Trinajstić information content (AvgIpc) is 2.61. The molecule has 0 aliphatic rings. The van der Waals surface area contributed by atoms with Crippen molar-refractivity contribution >= 4 is 38.7 Å². The second kappa shape index (κ2) is 6.37. The van der Waals surface area contributed by atoms with Crippen molar-refractivity contribution in [3.8, 4) is 0 Å². The molecule has 4 heteroatoms. The van der Waals surface area contributed by atoms with E-state index in [1.165, 1.54) is 27.5 Å². The van der Waals surface area contributed by atoms with Gasteiger partial charge in [-0.25, -0.2) is 0 Å². The molecule has 0 saturated carbocycles. The second-order valence-electron chi connectivity index (χ2n) is 3.69. The number of hydrogen-bond donors (Lipinski definition) is 0. The molecular formula is C12H13Cl3Ti. The number of halogens is 3. The predicted molar refractivity (Wildman–Crippen MR) is 71.3 cm³/mol. The summed E-state index contributed by atoms with van der Waals surface area (Å²) in [5.41, 5.74) is 4.25. The normalized spacial score (nSPS) is 9.88. The summed E-state index contributed by atoms with van der Waals surface area (Å²) >= 11 is -1.92. The van der Waals surface area contributed by atoms with Crippen molar-refractivity contribution in [1.82, 2.24) is 0 Å². The van der Waals surface area contributed by atoms with Crippen molar-refractivity contribution in [3.05, 3.63) is 41.0 Å². The van der Waals surface area contributed by atoms with Crippen molar-refractivity contribution in [2.24, 2.45) is 0 Å². The van der Waals surface area contributed by atoms with Crippen molar-refractivity contribution in [3.63, 3.8) is 0 Å². The zero-order valence-corrected chi connectivity index (χ0v) is 13.3. The zero-order valence-electron chi connectivity index (χ0n) is 9.44. The number of fused-ring (bicyclic) bond motifs is 1. The molecule has 0 fully saturated rings. The predicted octanol–water partition coefficient (Wildman–Crippen LogP) is 5.55. The van der Waals surface area contributed by atoms with Crippen LogP contribution in [-0.2, 0) is 14.7 Å². The molecule has 0 N–H and O–H groups in total. The van der Waals surface area contributed by atoms with Gasteiger partial charge in [-0.3, -0.25) is 0 Å². The first-order chi connectivity index (χ1) is 7.43. The summed E-state index contributed by atoms with van der Waals surface area (Å²) in [5, 5.41) is 2.77. The molecule has 0 aliphatic heterocycles. The summed E-state index contributed by atoms with van der Waals surface area (Å²) in [6.45, 7) is 6.57. The second-order valence-corrected chi connectivity index (χ2v) is 11.4. The molecule has 0 unspecified atom stereocenters. The van der Waals surface area contributed by atoms with Gasteiger partial charge < -0.3 is 0 Å². The summed E-state index contributed by atoms with van der Waals surface area (Å²) in [7, 11) is 14.9. The first-order valence-electron chi connectivity index (χ1n) is 4.89. The van der Waals surface area contributed by atoms with Crippen LogP contribution in [0.5, 0.6) is 0 Å².